The van der Waals surface area contributed by atoms with Crippen LogP contribution in [-0.2, 0) is 11.3 Å². The van der Waals surface area contributed by atoms with Crippen LogP contribution in [0, 0.1) is 23.1 Å². The zero-order valence-electron chi connectivity index (χ0n) is 32.5. The molecule has 0 spiro atoms. The number of anilines is 1. The van der Waals surface area contributed by atoms with Crippen LogP contribution in [0.2, 0.25) is 16.6 Å². The Balaban J connectivity index is 1.60. The minimum Gasteiger partial charge on any atom is -0.468 e. The van der Waals surface area contributed by atoms with Gasteiger partial charge in [-0.25, -0.2) is 28.4 Å². The number of halogens is 2. The first-order valence-electron chi connectivity index (χ1n) is 19.1. The highest BCUT2D eigenvalue weighted by Gasteiger charge is 2.42. The Morgan fingerprint density at radius 3 is 2.44 bits per heavy atom. The summed E-state index contributed by atoms with van der Waals surface area (Å²) >= 11 is 1.47. The lowest BCUT2D eigenvalue weighted by atomic mass is 9.95. The molecule has 0 N–H and O–H groups in total. The van der Waals surface area contributed by atoms with Gasteiger partial charge in [0.1, 0.15) is 48.1 Å². The predicted molar refractivity (Wildman–Crippen MR) is 216 cm³/mol. The summed E-state index contributed by atoms with van der Waals surface area (Å²) in [5.74, 6) is 4.11. The summed E-state index contributed by atoms with van der Waals surface area (Å²) in [5, 5.41) is 10.9. The average molecular weight is 770 g/mol. The molecule has 1 atom stereocenters. The monoisotopic (exact) mass is 769 g/mol. The Morgan fingerprint density at radius 1 is 0.944 bits per heavy atom. The molecular weight excluding hydrogens is 721 g/mol. The summed E-state index contributed by atoms with van der Waals surface area (Å²) in [4.78, 5) is 17.5. The van der Waals surface area contributed by atoms with Crippen molar-refractivity contribution in [2.75, 3.05) is 31.1 Å². The minimum absolute atomic E-state index is 0.0124. The molecule has 2 aromatic carbocycles. The van der Waals surface area contributed by atoms with E-state index in [-0.39, 0.29) is 29.6 Å². The highest BCUT2D eigenvalue weighted by molar-refractivity contribution is 7.99. The first kappa shape index (κ1) is 38.2. The van der Waals surface area contributed by atoms with E-state index in [1.807, 2.05) is 17.7 Å². The quantitative estimate of drug-likeness (QED) is 0.0478. The molecule has 0 amide bonds. The van der Waals surface area contributed by atoms with Gasteiger partial charge in [-0.05, 0) is 71.6 Å². The van der Waals surface area contributed by atoms with E-state index >= 15 is 8.78 Å². The van der Waals surface area contributed by atoms with E-state index < -0.39 is 19.7 Å². The highest BCUT2D eigenvalue weighted by Crippen LogP contribution is 2.45. The molecule has 9 nitrogen and oxygen atoms in total. The Bertz CT molecular complexity index is 2250. The molecule has 1 fully saturated rings. The van der Waals surface area contributed by atoms with Gasteiger partial charge in [0.2, 0.25) is 0 Å². The third kappa shape index (κ3) is 6.64. The van der Waals surface area contributed by atoms with Crippen LogP contribution in [0.1, 0.15) is 79.7 Å². The number of benzene rings is 2. The number of nitrogens with zero attached hydrogens (tertiary/aromatic N) is 7. The topological polar surface area (TPSA) is 91.1 Å². The molecule has 5 heterocycles. The minimum atomic E-state index is -2.28. The normalized spacial score (nSPS) is 15.9. The number of rotatable bonds is 9. The molecule has 54 heavy (non-hydrogen) atoms. The van der Waals surface area contributed by atoms with E-state index in [1.54, 1.807) is 18.3 Å². The molecule has 0 aliphatic carbocycles. The lowest BCUT2D eigenvalue weighted by Gasteiger charge is -2.38. The van der Waals surface area contributed by atoms with Crippen molar-refractivity contribution in [3.05, 3.63) is 47.7 Å². The Morgan fingerprint density at radius 2 is 1.72 bits per heavy atom. The molecule has 0 saturated carbocycles. The van der Waals surface area contributed by atoms with E-state index in [0.717, 1.165) is 38.0 Å². The average Bonchev–Trinajstić information content (AvgIpc) is 3.63. The smallest absolute Gasteiger partial charge is 0.190 e. The van der Waals surface area contributed by atoms with Crippen LogP contribution >= 0.6 is 11.8 Å². The highest BCUT2D eigenvalue weighted by atomic mass is 32.2. The van der Waals surface area contributed by atoms with Crippen LogP contribution < -0.4 is 9.64 Å². The lowest BCUT2D eigenvalue weighted by molar-refractivity contribution is 0.0512. The number of hydrogen-bond donors (Lipinski definition) is 0. The van der Waals surface area contributed by atoms with Gasteiger partial charge in [0, 0.05) is 37.2 Å². The van der Waals surface area contributed by atoms with Gasteiger partial charge in [-0.1, -0.05) is 77.4 Å². The fraction of sp³-hybridized carbons (Fsp3) is 0.488. The second-order valence-electron chi connectivity index (χ2n) is 15.3. The number of aromatic nitrogens is 6. The second-order valence-corrected chi connectivity index (χ2v) is 22.1. The van der Waals surface area contributed by atoms with Gasteiger partial charge in [-0.15, -0.1) is 10.6 Å². The van der Waals surface area contributed by atoms with Crippen molar-refractivity contribution in [1.29, 1.82) is 0 Å². The number of fused-ring (bicyclic) bond motifs is 5. The molecule has 1 saturated heterocycles. The molecule has 0 radical (unpaired) electrons. The third-order valence-electron chi connectivity index (χ3n) is 11.4. The van der Waals surface area contributed by atoms with Crippen LogP contribution in [0.25, 0.3) is 44.3 Å². The van der Waals surface area contributed by atoms with Crippen LogP contribution in [0.5, 0.6) is 5.75 Å². The first-order chi connectivity index (χ1) is 26.0. The maximum absolute atomic E-state index is 17.8. The maximum atomic E-state index is 17.8. The first-order valence-corrected chi connectivity index (χ1v) is 22.3. The number of piperidine rings is 1. The van der Waals surface area contributed by atoms with Crippen molar-refractivity contribution < 1.29 is 18.3 Å². The van der Waals surface area contributed by atoms with Crippen molar-refractivity contribution >= 4 is 47.3 Å². The van der Waals surface area contributed by atoms with Gasteiger partial charge >= 0.3 is 0 Å². The number of pyridine rings is 1. The summed E-state index contributed by atoms with van der Waals surface area (Å²) in [7, 11) is -0.744. The summed E-state index contributed by atoms with van der Waals surface area (Å²) in [6.45, 7) is 16.8. The summed E-state index contributed by atoms with van der Waals surface area (Å²) in [5.41, 5.74) is 6.57. The zero-order chi connectivity index (χ0) is 38.3. The molecule has 13 heteroatoms. The lowest BCUT2D eigenvalue weighted by Crippen LogP contribution is -2.43. The van der Waals surface area contributed by atoms with Gasteiger partial charge in [-0.3, -0.25) is 0 Å². The van der Waals surface area contributed by atoms with E-state index in [1.165, 1.54) is 24.9 Å². The predicted octanol–water partition coefficient (Wildman–Crippen LogP) is 9.81. The van der Waals surface area contributed by atoms with Gasteiger partial charge in [-0.2, -0.15) is 0 Å². The molecule has 2 aliphatic rings. The van der Waals surface area contributed by atoms with Crippen LogP contribution in [0.3, 0.4) is 0 Å². The van der Waals surface area contributed by atoms with Crippen molar-refractivity contribution in [3.63, 3.8) is 0 Å². The maximum Gasteiger partial charge on any atom is 0.190 e. The van der Waals surface area contributed by atoms with Crippen LogP contribution in [0.15, 0.2) is 35.6 Å². The molecule has 7 rings (SSSR count). The molecule has 0 bridgehead atoms. The van der Waals surface area contributed by atoms with E-state index in [9.17, 15) is 0 Å². The van der Waals surface area contributed by atoms with Gasteiger partial charge < -0.3 is 14.4 Å². The van der Waals surface area contributed by atoms with Gasteiger partial charge in [0.05, 0.1) is 17.1 Å². The molecule has 1 unspecified atom stereocenters. The fourth-order valence-corrected chi connectivity index (χ4v) is 14.7. The largest absolute Gasteiger partial charge is 0.468 e. The third-order valence-corrected chi connectivity index (χ3v) is 18.4. The zero-order valence-corrected chi connectivity index (χ0v) is 34.3. The van der Waals surface area contributed by atoms with Gasteiger partial charge in [0.15, 0.2) is 17.8 Å². The molecular formula is C41H49F2N7O2SSi. The molecule has 2 aliphatic heterocycles. The van der Waals surface area contributed by atoms with Crippen molar-refractivity contribution in [1.82, 2.24) is 29.9 Å². The Hall–Kier alpha value is -4.12. The van der Waals surface area contributed by atoms with Crippen LogP contribution in [-0.4, -0.2) is 70.3 Å². The van der Waals surface area contributed by atoms with Crippen molar-refractivity contribution in [3.8, 4) is 39.9 Å². The Labute approximate surface area is 321 Å². The molecule has 5 aromatic rings. The SMILES string of the molecule is CCSc1nc2c3c(nc(-c4cc(OCOC)cc5ccc(F)c(C#C[Si](C(C)C)(C(C)C)C(C)C)c45)c(F)c3n1)-c1cnnn1CCC1CCCCN21. The number of ether oxygens (including phenoxy) is 2. The standard InChI is InChI=1S/C41H49F2N7O2SSi/c1-9-53-41-46-39-35-38(33-22-44-48-50(33)18-15-28-12-10-11-17-49(28)40(35)47-41)45-37(36(39)43)31-21-29(52-23-51-8)20-27-13-14-32(42)30(34(27)31)16-19-54(24(2)3,25(4)5)26(6)7/h13-14,20-22,24-26,28H,9-12,15,17-18,23H2,1-8H3. The van der Waals surface area contributed by atoms with Gasteiger partial charge in [0.25, 0.3) is 0 Å². The Kier molecular flexibility index (Phi) is 11.0. The molecule has 3 aromatic heterocycles. The number of hydrogen-bond acceptors (Lipinski definition) is 9. The number of aryl methyl sites for hydroxylation is 1. The summed E-state index contributed by atoms with van der Waals surface area (Å²) in [6.07, 6.45) is 5.63. The van der Waals surface area contributed by atoms with Crippen molar-refractivity contribution in [2.45, 2.75) is 109 Å². The molecule has 284 valence electrons. The van der Waals surface area contributed by atoms with Crippen LogP contribution in [0.4, 0.5) is 14.6 Å². The van der Waals surface area contributed by atoms with E-state index in [0.29, 0.717) is 73.0 Å². The fourth-order valence-electron chi connectivity index (χ4n) is 8.89. The van der Waals surface area contributed by atoms with Crippen molar-refractivity contribution in [2.24, 2.45) is 0 Å². The second kappa shape index (κ2) is 15.6. The summed E-state index contributed by atoms with van der Waals surface area (Å²) in [6, 6.07) is 6.84. The number of methoxy groups -OCH3 is 1. The van der Waals surface area contributed by atoms with E-state index in [4.69, 9.17) is 24.4 Å². The van der Waals surface area contributed by atoms with E-state index in [2.05, 4.69) is 68.2 Å². The summed E-state index contributed by atoms with van der Waals surface area (Å²) < 4.78 is 47.2. The number of thioether (sulfide) groups is 1.